The molecule has 152 valence electrons. The van der Waals surface area contributed by atoms with Gasteiger partial charge in [0.05, 0.1) is 0 Å². The summed E-state index contributed by atoms with van der Waals surface area (Å²) in [6, 6.07) is 11.3. The zero-order valence-corrected chi connectivity index (χ0v) is 16.4. The average Bonchev–Trinajstić information content (AvgIpc) is 2.76. The lowest BCUT2D eigenvalue weighted by Gasteiger charge is -2.13. The van der Waals surface area contributed by atoms with Gasteiger partial charge in [0.1, 0.15) is 17.2 Å². The highest BCUT2D eigenvalue weighted by atomic mass is 19.1. The fourth-order valence-corrected chi connectivity index (χ4v) is 3.35. The van der Waals surface area contributed by atoms with Crippen molar-refractivity contribution < 1.29 is 14.0 Å². The van der Waals surface area contributed by atoms with Gasteiger partial charge in [0.2, 0.25) is 0 Å². The van der Waals surface area contributed by atoms with E-state index in [9.17, 15) is 14.0 Å². The van der Waals surface area contributed by atoms with Crippen molar-refractivity contribution in [1.29, 1.82) is 0 Å². The fourth-order valence-electron chi connectivity index (χ4n) is 3.35. The van der Waals surface area contributed by atoms with Crippen LogP contribution in [0.5, 0.6) is 0 Å². The molecule has 1 aromatic heterocycles. The number of benzene rings is 1. The Morgan fingerprint density at radius 1 is 0.897 bits per heavy atom. The van der Waals surface area contributed by atoms with Crippen molar-refractivity contribution >= 4 is 11.8 Å². The molecule has 1 heterocycles. The average molecular weight is 395 g/mol. The molecule has 1 aliphatic rings. The Morgan fingerprint density at radius 3 is 2.24 bits per heavy atom. The van der Waals surface area contributed by atoms with Crippen LogP contribution in [-0.2, 0) is 6.42 Å². The molecule has 0 unspecified atom stereocenters. The monoisotopic (exact) mass is 395 g/mol. The van der Waals surface area contributed by atoms with E-state index in [1.165, 1.54) is 24.5 Å². The first-order chi connectivity index (χ1) is 14.1. The molecule has 0 radical (unpaired) electrons. The van der Waals surface area contributed by atoms with Crippen molar-refractivity contribution in [2.75, 3.05) is 13.1 Å². The van der Waals surface area contributed by atoms with Gasteiger partial charge in [-0.1, -0.05) is 35.9 Å². The van der Waals surface area contributed by atoms with Crippen molar-refractivity contribution in [3.8, 4) is 0 Å². The molecule has 6 heteroatoms. The third-order valence-electron chi connectivity index (χ3n) is 4.97. The molecule has 2 aromatic rings. The number of carbonyl (C=O) groups excluding carboxylic acids is 2. The first-order valence-electron chi connectivity index (χ1n) is 10.1. The molecule has 1 aromatic carbocycles. The molecular formula is C23H26FN3O2. The molecule has 29 heavy (non-hydrogen) atoms. The minimum atomic E-state index is -0.386. The molecule has 0 spiro atoms. The highest BCUT2D eigenvalue weighted by Gasteiger charge is 2.13. The third kappa shape index (κ3) is 6.24. The molecule has 0 fully saturated rings. The van der Waals surface area contributed by atoms with Gasteiger partial charge in [0, 0.05) is 13.1 Å². The van der Waals surface area contributed by atoms with Gasteiger partial charge in [-0.2, -0.15) is 0 Å². The fraction of sp³-hybridized carbons (Fsp3) is 0.348. The van der Waals surface area contributed by atoms with Crippen LogP contribution >= 0.6 is 0 Å². The molecule has 2 amide bonds. The minimum absolute atomic E-state index is 0.168. The van der Waals surface area contributed by atoms with Gasteiger partial charge >= 0.3 is 0 Å². The zero-order chi connectivity index (χ0) is 20.5. The van der Waals surface area contributed by atoms with Gasteiger partial charge < -0.3 is 10.6 Å². The van der Waals surface area contributed by atoms with E-state index in [-0.39, 0.29) is 35.6 Å². The summed E-state index contributed by atoms with van der Waals surface area (Å²) >= 11 is 0. The van der Waals surface area contributed by atoms with Crippen LogP contribution < -0.4 is 10.6 Å². The van der Waals surface area contributed by atoms with Crippen molar-refractivity contribution in [1.82, 2.24) is 15.6 Å². The van der Waals surface area contributed by atoms with Gasteiger partial charge in [-0.25, -0.2) is 9.37 Å². The predicted octanol–water partition coefficient (Wildman–Crippen LogP) is 3.81. The maximum atomic E-state index is 13.6. The second-order valence-electron chi connectivity index (χ2n) is 7.12. The van der Waals surface area contributed by atoms with Crippen LogP contribution in [0.3, 0.4) is 0 Å². The highest BCUT2D eigenvalue weighted by Crippen LogP contribution is 2.19. The van der Waals surface area contributed by atoms with Gasteiger partial charge in [0.15, 0.2) is 0 Å². The minimum Gasteiger partial charge on any atom is -0.350 e. The second-order valence-corrected chi connectivity index (χ2v) is 7.12. The summed E-state index contributed by atoms with van der Waals surface area (Å²) in [6.45, 7) is 0.846. The number of nitrogens with zero attached hydrogens (tertiary/aromatic N) is 1. The Balaban J connectivity index is 1.48. The number of amides is 2. The molecule has 0 aliphatic heterocycles. The third-order valence-corrected chi connectivity index (χ3v) is 4.97. The SMILES string of the molecule is O=C(NCCC1=CCCCC1)c1cccc(C(=O)NCCc2ccccc2F)n1. The molecule has 0 saturated carbocycles. The lowest BCUT2D eigenvalue weighted by atomic mass is 9.97. The summed E-state index contributed by atoms with van der Waals surface area (Å²) in [5.41, 5.74) is 2.32. The second kappa shape index (κ2) is 10.5. The molecule has 3 rings (SSSR count). The van der Waals surface area contributed by atoms with Crippen molar-refractivity contribution in [3.05, 3.63) is 76.9 Å². The van der Waals surface area contributed by atoms with Crippen molar-refractivity contribution in [2.45, 2.75) is 38.5 Å². The van der Waals surface area contributed by atoms with Crippen LogP contribution in [0.25, 0.3) is 0 Å². The van der Waals surface area contributed by atoms with Crippen LogP contribution in [0.1, 0.15) is 58.6 Å². The topological polar surface area (TPSA) is 71.1 Å². The van der Waals surface area contributed by atoms with Crippen molar-refractivity contribution in [2.24, 2.45) is 0 Å². The Hall–Kier alpha value is -3.02. The van der Waals surface area contributed by atoms with E-state index in [0.29, 0.717) is 18.5 Å². The highest BCUT2D eigenvalue weighted by molar-refractivity contribution is 5.96. The van der Waals surface area contributed by atoms with Crippen LogP contribution in [0.15, 0.2) is 54.1 Å². The van der Waals surface area contributed by atoms with Crippen molar-refractivity contribution in [3.63, 3.8) is 0 Å². The number of aromatic nitrogens is 1. The van der Waals surface area contributed by atoms with E-state index in [4.69, 9.17) is 0 Å². The van der Waals surface area contributed by atoms with Crippen LogP contribution in [0.4, 0.5) is 4.39 Å². The number of nitrogens with one attached hydrogen (secondary N) is 2. The summed E-state index contributed by atoms with van der Waals surface area (Å²) < 4.78 is 13.6. The zero-order valence-electron chi connectivity index (χ0n) is 16.4. The Kier molecular flexibility index (Phi) is 7.50. The summed E-state index contributed by atoms with van der Waals surface area (Å²) in [6.07, 6.45) is 8.19. The van der Waals surface area contributed by atoms with Crippen LogP contribution in [0.2, 0.25) is 0 Å². The standard InChI is InChI=1S/C23H26FN3O2/c24-19-10-5-4-9-18(19)14-16-26-23(29)21-12-6-11-20(27-21)22(28)25-15-13-17-7-2-1-3-8-17/h4-7,9-12H,1-3,8,13-16H2,(H,25,28)(H,26,29). The van der Waals surface area contributed by atoms with E-state index in [1.807, 2.05) is 0 Å². The van der Waals surface area contributed by atoms with E-state index in [1.54, 1.807) is 36.4 Å². The summed E-state index contributed by atoms with van der Waals surface area (Å²) in [5, 5.41) is 5.59. The van der Waals surface area contributed by atoms with E-state index >= 15 is 0 Å². The van der Waals surface area contributed by atoms with E-state index in [2.05, 4.69) is 21.7 Å². The maximum absolute atomic E-state index is 13.6. The molecule has 0 saturated heterocycles. The lowest BCUT2D eigenvalue weighted by molar-refractivity contribution is 0.0945. The Labute approximate surface area is 170 Å². The largest absolute Gasteiger partial charge is 0.350 e. The molecule has 1 aliphatic carbocycles. The van der Waals surface area contributed by atoms with Gasteiger partial charge in [-0.15, -0.1) is 0 Å². The summed E-state index contributed by atoms with van der Waals surface area (Å²) in [7, 11) is 0. The Bertz CT molecular complexity index is 895. The first-order valence-corrected chi connectivity index (χ1v) is 10.1. The maximum Gasteiger partial charge on any atom is 0.269 e. The quantitative estimate of drug-likeness (QED) is 0.668. The summed E-state index contributed by atoms with van der Waals surface area (Å²) in [5.74, 6) is -0.965. The number of pyridine rings is 1. The molecule has 5 nitrogen and oxygen atoms in total. The number of hydrogen-bond acceptors (Lipinski definition) is 3. The number of halogens is 1. The smallest absolute Gasteiger partial charge is 0.269 e. The number of hydrogen-bond donors (Lipinski definition) is 2. The normalized spacial score (nSPS) is 13.5. The van der Waals surface area contributed by atoms with Crippen LogP contribution in [0, 0.1) is 5.82 Å². The first kappa shape index (κ1) is 20.7. The molecule has 0 bridgehead atoms. The van der Waals surface area contributed by atoms with Gasteiger partial charge in [-0.05, 0) is 62.3 Å². The Morgan fingerprint density at radius 2 is 1.59 bits per heavy atom. The summed E-state index contributed by atoms with van der Waals surface area (Å²) in [4.78, 5) is 28.8. The van der Waals surface area contributed by atoms with Gasteiger partial charge in [0.25, 0.3) is 11.8 Å². The van der Waals surface area contributed by atoms with E-state index in [0.717, 1.165) is 19.3 Å². The number of carbonyl (C=O) groups is 2. The number of allylic oxidation sites excluding steroid dienone is 1. The molecule has 2 N–H and O–H groups in total. The van der Waals surface area contributed by atoms with Crippen LogP contribution in [-0.4, -0.2) is 29.9 Å². The predicted molar refractivity (Wildman–Crippen MR) is 110 cm³/mol. The van der Waals surface area contributed by atoms with Gasteiger partial charge in [-0.3, -0.25) is 9.59 Å². The number of rotatable bonds is 8. The molecular weight excluding hydrogens is 369 g/mol. The molecule has 0 atom stereocenters. The lowest BCUT2D eigenvalue weighted by Crippen LogP contribution is -2.29. The van der Waals surface area contributed by atoms with E-state index < -0.39 is 0 Å².